The molecule has 152 valence electrons. The molecule has 0 aliphatic carbocycles. The molecule has 0 bridgehead atoms. The van der Waals surface area contributed by atoms with Crippen LogP contribution in [0.3, 0.4) is 0 Å². The van der Waals surface area contributed by atoms with Gasteiger partial charge in [0.05, 0.1) is 0 Å². The monoisotopic (exact) mass is 401 g/mol. The first-order chi connectivity index (χ1) is 13.9. The van der Waals surface area contributed by atoms with Gasteiger partial charge in [0.2, 0.25) is 0 Å². The van der Waals surface area contributed by atoms with Crippen molar-refractivity contribution in [3.8, 4) is 5.75 Å². The molecule has 2 N–H and O–H groups in total. The molecule has 1 atom stereocenters. The van der Waals surface area contributed by atoms with Gasteiger partial charge >= 0.3 is 6.36 Å². The van der Waals surface area contributed by atoms with Crippen LogP contribution in [0, 0.1) is 0 Å². The summed E-state index contributed by atoms with van der Waals surface area (Å²) in [5.74, 6) is -0.207. The van der Waals surface area contributed by atoms with Crippen LogP contribution in [0.5, 0.6) is 5.75 Å². The third-order valence-corrected chi connectivity index (χ3v) is 5.09. The number of rotatable bonds is 6. The van der Waals surface area contributed by atoms with Crippen LogP contribution in [0.1, 0.15) is 12.0 Å². The molecule has 1 aromatic heterocycles. The van der Waals surface area contributed by atoms with Crippen molar-refractivity contribution in [2.45, 2.75) is 25.4 Å². The van der Waals surface area contributed by atoms with Gasteiger partial charge in [-0.1, -0.05) is 24.3 Å². The summed E-state index contributed by atoms with van der Waals surface area (Å²) in [4.78, 5) is 2.32. The maximum atomic E-state index is 12.5. The fourth-order valence-corrected chi connectivity index (χ4v) is 3.83. The van der Waals surface area contributed by atoms with Crippen LogP contribution in [-0.4, -0.2) is 30.1 Å². The molecule has 4 nitrogen and oxygen atoms in total. The smallest absolute Gasteiger partial charge is 0.406 e. The van der Waals surface area contributed by atoms with Gasteiger partial charge in [-0.15, -0.1) is 13.2 Å². The molecule has 1 aliphatic rings. The van der Waals surface area contributed by atoms with Crippen LogP contribution in [0.15, 0.2) is 66.9 Å². The van der Waals surface area contributed by atoms with Crippen LogP contribution in [0.2, 0.25) is 0 Å². The van der Waals surface area contributed by atoms with E-state index in [1.807, 2.05) is 16.8 Å². The average molecular weight is 401 g/mol. The lowest BCUT2D eigenvalue weighted by Crippen LogP contribution is -2.31. The Morgan fingerprint density at radius 2 is 1.97 bits per heavy atom. The number of nitrogens with zero attached hydrogens (tertiary/aromatic N) is 2. The Balaban J connectivity index is 1.55. The number of hydrogen-bond donors (Lipinski definition) is 1. The van der Waals surface area contributed by atoms with E-state index < -0.39 is 6.36 Å². The lowest BCUT2D eigenvalue weighted by molar-refractivity contribution is -0.274. The number of anilines is 1. The largest absolute Gasteiger partial charge is 0.573 e. The molecule has 0 amide bonds. The van der Waals surface area contributed by atoms with Crippen LogP contribution in [0.4, 0.5) is 18.9 Å². The zero-order chi connectivity index (χ0) is 20.4. The Morgan fingerprint density at radius 1 is 1.10 bits per heavy atom. The molecule has 0 saturated carbocycles. The molecule has 0 fully saturated rings. The lowest BCUT2D eigenvalue weighted by atomic mass is 10.1. The molecule has 2 heterocycles. The predicted octanol–water partition coefficient (Wildman–Crippen LogP) is 4.68. The summed E-state index contributed by atoms with van der Waals surface area (Å²) < 4.78 is 43.4. The van der Waals surface area contributed by atoms with Crippen molar-refractivity contribution in [3.63, 3.8) is 0 Å². The molecular formula is C22H22F3N3O. The number of hydrogen-bond acceptors (Lipinski definition) is 3. The summed E-state index contributed by atoms with van der Waals surface area (Å²) in [5.41, 5.74) is 8.63. The van der Waals surface area contributed by atoms with E-state index in [9.17, 15) is 13.2 Å². The first-order valence-electron chi connectivity index (χ1n) is 9.50. The summed E-state index contributed by atoms with van der Waals surface area (Å²) in [6.07, 6.45) is 2.52. The van der Waals surface area contributed by atoms with E-state index in [4.69, 9.17) is 5.73 Å². The Morgan fingerprint density at radius 3 is 2.76 bits per heavy atom. The normalized spacial score (nSPS) is 16.7. The number of alkyl halides is 3. The molecule has 7 heteroatoms. The van der Waals surface area contributed by atoms with E-state index in [0.717, 1.165) is 35.1 Å². The predicted molar refractivity (Wildman–Crippen MR) is 108 cm³/mol. The molecule has 1 unspecified atom stereocenters. The number of nitrogens with two attached hydrogens (primary N) is 1. The highest BCUT2D eigenvalue weighted by Gasteiger charge is 2.31. The van der Waals surface area contributed by atoms with Crippen molar-refractivity contribution >= 4 is 16.6 Å². The van der Waals surface area contributed by atoms with Gasteiger partial charge in [0, 0.05) is 41.9 Å². The molecule has 29 heavy (non-hydrogen) atoms. The first-order valence-corrected chi connectivity index (χ1v) is 9.50. The highest BCUT2D eigenvalue weighted by Crippen LogP contribution is 2.29. The number of fused-ring (bicyclic) bond motifs is 1. The third-order valence-electron chi connectivity index (χ3n) is 5.09. The Kier molecular flexibility index (Phi) is 5.24. The van der Waals surface area contributed by atoms with Crippen molar-refractivity contribution in [3.05, 3.63) is 72.4 Å². The number of benzene rings is 2. The van der Waals surface area contributed by atoms with E-state index in [2.05, 4.69) is 40.0 Å². The SMILES string of the molecule is NCCC1C=CCN1c1ccc2c(ccn2Cc2cccc(OC(F)(F)F)c2)c1. The summed E-state index contributed by atoms with van der Waals surface area (Å²) in [5, 5.41) is 1.09. The highest BCUT2D eigenvalue weighted by molar-refractivity contribution is 5.84. The van der Waals surface area contributed by atoms with Crippen molar-refractivity contribution in [2.75, 3.05) is 18.0 Å². The topological polar surface area (TPSA) is 43.4 Å². The third kappa shape index (κ3) is 4.40. The minimum Gasteiger partial charge on any atom is -0.406 e. The minimum absolute atomic E-state index is 0.207. The van der Waals surface area contributed by atoms with Crippen LogP contribution >= 0.6 is 0 Å². The number of ether oxygens (including phenoxy) is 1. The molecule has 0 spiro atoms. The van der Waals surface area contributed by atoms with Crippen LogP contribution < -0.4 is 15.4 Å². The standard InChI is InChI=1S/C22H22F3N3O/c23-22(24,25)29-20-5-1-3-16(13-20)15-27-12-9-17-14-19(6-7-21(17)27)28-11-2-4-18(28)8-10-26/h1-7,9,12-14,18H,8,10-11,15,26H2. The molecule has 1 aliphatic heterocycles. The van der Waals surface area contributed by atoms with E-state index in [1.54, 1.807) is 12.1 Å². The van der Waals surface area contributed by atoms with Crippen molar-refractivity contribution < 1.29 is 17.9 Å². The van der Waals surface area contributed by atoms with E-state index in [-0.39, 0.29) is 5.75 Å². The van der Waals surface area contributed by atoms with Crippen molar-refractivity contribution in [2.24, 2.45) is 5.73 Å². The van der Waals surface area contributed by atoms with Crippen LogP contribution in [0.25, 0.3) is 10.9 Å². The van der Waals surface area contributed by atoms with Crippen molar-refractivity contribution in [1.29, 1.82) is 0 Å². The van der Waals surface area contributed by atoms with Gasteiger partial charge in [0.1, 0.15) is 5.75 Å². The molecule has 0 radical (unpaired) electrons. The summed E-state index contributed by atoms with van der Waals surface area (Å²) in [6, 6.07) is 14.7. The molecule has 3 aromatic rings. The highest BCUT2D eigenvalue weighted by atomic mass is 19.4. The van der Waals surface area contributed by atoms with Crippen molar-refractivity contribution in [1.82, 2.24) is 4.57 Å². The molecule has 2 aromatic carbocycles. The second-order valence-corrected chi connectivity index (χ2v) is 7.11. The fraction of sp³-hybridized carbons (Fsp3) is 0.273. The Hall–Kier alpha value is -2.93. The maximum absolute atomic E-state index is 12.5. The summed E-state index contributed by atoms with van der Waals surface area (Å²) in [7, 11) is 0. The van der Waals surface area contributed by atoms with Gasteiger partial charge < -0.3 is 19.9 Å². The van der Waals surface area contributed by atoms with Gasteiger partial charge in [-0.3, -0.25) is 0 Å². The first kappa shape index (κ1) is 19.4. The van der Waals surface area contributed by atoms with E-state index >= 15 is 0 Å². The maximum Gasteiger partial charge on any atom is 0.573 e. The van der Waals surface area contributed by atoms with Crippen LogP contribution in [-0.2, 0) is 6.54 Å². The van der Waals surface area contributed by atoms with E-state index in [1.165, 1.54) is 12.1 Å². The fourth-order valence-electron chi connectivity index (χ4n) is 3.83. The van der Waals surface area contributed by atoms with Gasteiger partial charge in [-0.05, 0) is 54.9 Å². The molecule has 4 rings (SSSR count). The minimum atomic E-state index is -4.69. The zero-order valence-corrected chi connectivity index (χ0v) is 15.8. The van der Waals surface area contributed by atoms with Gasteiger partial charge in [-0.25, -0.2) is 0 Å². The zero-order valence-electron chi connectivity index (χ0n) is 15.8. The molecule has 0 saturated heterocycles. The quantitative estimate of drug-likeness (QED) is 0.610. The molecular weight excluding hydrogens is 379 g/mol. The van der Waals surface area contributed by atoms with Gasteiger partial charge in [0.25, 0.3) is 0 Å². The van der Waals surface area contributed by atoms with Gasteiger partial charge in [-0.2, -0.15) is 0 Å². The second-order valence-electron chi connectivity index (χ2n) is 7.11. The average Bonchev–Trinajstić information content (AvgIpc) is 3.28. The second kappa shape index (κ2) is 7.83. The van der Waals surface area contributed by atoms with E-state index in [0.29, 0.717) is 19.1 Å². The summed E-state index contributed by atoms with van der Waals surface area (Å²) in [6.45, 7) is 1.96. The Bertz CT molecular complexity index is 1030. The Labute approximate surface area is 167 Å². The number of halogens is 3. The number of aromatic nitrogens is 1. The van der Waals surface area contributed by atoms with Gasteiger partial charge in [0.15, 0.2) is 0 Å². The lowest BCUT2D eigenvalue weighted by Gasteiger charge is -2.26. The summed E-state index contributed by atoms with van der Waals surface area (Å²) >= 11 is 0.